The van der Waals surface area contributed by atoms with Crippen molar-refractivity contribution in [3.63, 3.8) is 0 Å². The molecule has 1 aromatic carbocycles. The monoisotopic (exact) mass is 227 g/mol. The Kier molecular flexibility index (Phi) is 3.60. The molecule has 3 heteroatoms. The lowest BCUT2D eigenvalue weighted by Gasteiger charge is -2.04. The maximum absolute atomic E-state index is 12.9. The van der Waals surface area contributed by atoms with Gasteiger partial charge in [0.15, 0.2) is 0 Å². The third kappa shape index (κ3) is 3.47. The molecule has 0 saturated heterocycles. The number of nitrogens with one attached hydrogen (secondary N) is 1. The average Bonchev–Trinajstić information content (AvgIpc) is 3.02. The Morgan fingerprint density at radius 3 is 2.87 bits per heavy atom. The minimum atomic E-state index is -0.337. The van der Waals surface area contributed by atoms with Crippen molar-refractivity contribution in [1.29, 1.82) is 0 Å². The van der Waals surface area contributed by atoms with Crippen molar-refractivity contribution in [1.82, 2.24) is 5.32 Å². The Morgan fingerprint density at radius 2 is 2.20 bits per heavy atom. The Balaban J connectivity index is 1.74. The van der Waals surface area contributed by atoms with E-state index in [1.807, 2.05) is 0 Å². The summed E-state index contributed by atoms with van der Waals surface area (Å²) in [5, 5.41) is 3.67. The molecule has 1 nitrogen and oxygen atoms in total. The highest BCUT2D eigenvalue weighted by molar-refractivity contribution is 6.30. The van der Waals surface area contributed by atoms with Gasteiger partial charge in [-0.25, -0.2) is 4.39 Å². The molecule has 1 aliphatic rings. The van der Waals surface area contributed by atoms with Gasteiger partial charge in [0.1, 0.15) is 5.82 Å². The van der Waals surface area contributed by atoms with Gasteiger partial charge in [0.05, 0.1) is 5.02 Å². The molecule has 2 rings (SSSR count). The molecule has 1 saturated carbocycles. The van der Waals surface area contributed by atoms with E-state index in [0.29, 0.717) is 0 Å². The van der Waals surface area contributed by atoms with Gasteiger partial charge in [-0.1, -0.05) is 17.7 Å². The molecular weight excluding hydrogens is 213 g/mol. The van der Waals surface area contributed by atoms with Crippen LogP contribution in [0.25, 0.3) is 0 Å². The molecular formula is C12H15ClFN. The summed E-state index contributed by atoms with van der Waals surface area (Å²) < 4.78 is 12.9. The van der Waals surface area contributed by atoms with Crippen LogP contribution in [0.1, 0.15) is 24.8 Å². The van der Waals surface area contributed by atoms with E-state index in [0.717, 1.165) is 31.0 Å². The molecule has 1 aliphatic carbocycles. The first-order valence-corrected chi connectivity index (χ1v) is 5.81. The van der Waals surface area contributed by atoms with E-state index in [1.54, 1.807) is 12.1 Å². The molecule has 1 aromatic rings. The first-order chi connectivity index (χ1) is 7.25. The largest absolute Gasteiger partial charge is 0.314 e. The Hall–Kier alpha value is -0.600. The van der Waals surface area contributed by atoms with Crippen LogP contribution >= 0.6 is 11.6 Å². The second kappa shape index (κ2) is 4.95. The molecule has 0 radical (unpaired) electrons. The fourth-order valence-corrected chi connectivity index (χ4v) is 1.78. The summed E-state index contributed by atoms with van der Waals surface area (Å²) in [5.41, 5.74) is 1.11. The predicted octanol–water partition coefficient (Wildman–Crippen LogP) is 3.16. The second-order valence-corrected chi connectivity index (χ2v) is 4.49. The lowest BCUT2D eigenvalue weighted by Crippen LogP contribution is -2.17. The van der Waals surface area contributed by atoms with Crippen LogP contribution in [0.2, 0.25) is 5.02 Å². The fraction of sp³-hybridized carbons (Fsp3) is 0.500. The summed E-state index contributed by atoms with van der Waals surface area (Å²) >= 11 is 5.70. The normalized spacial score (nSPS) is 15.6. The SMILES string of the molecule is Fc1ccc(CCCNC2CC2)cc1Cl. The number of rotatable bonds is 5. The van der Waals surface area contributed by atoms with E-state index in [1.165, 1.54) is 18.9 Å². The zero-order chi connectivity index (χ0) is 10.7. The molecule has 0 amide bonds. The Morgan fingerprint density at radius 1 is 1.40 bits per heavy atom. The molecule has 0 unspecified atom stereocenters. The number of hydrogen-bond acceptors (Lipinski definition) is 1. The molecule has 0 atom stereocenters. The molecule has 15 heavy (non-hydrogen) atoms. The average molecular weight is 228 g/mol. The number of aryl methyl sites for hydroxylation is 1. The van der Waals surface area contributed by atoms with Gasteiger partial charge in [0, 0.05) is 6.04 Å². The van der Waals surface area contributed by atoms with Gasteiger partial charge in [-0.15, -0.1) is 0 Å². The highest BCUT2D eigenvalue weighted by Crippen LogP contribution is 2.19. The van der Waals surface area contributed by atoms with E-state index in [9.17, 15) is 4.39 Å². The van der Waals surface area contributed by atoms with Crippen molar-refractivity contribution in [2.24, 2.45) is 0 Å². The van der Waals surface area contributed by atoms with Crippen LogP contribution in [0, 0.1) is 5.82 Å². The first-order valence-electron chi connectivity index (χ1n) is 5.43. The summed E-state index contributed by atoms with van der Waals surface area (Å²) in [4.78, 5) is 0. The van der Waals surface area contributed by atoms with Gasteiger partial charge in [-0.2, -0.15) is 0 Å². The van der Waals surface area contributed by atoms with Crippen LogP contribution in [0.4, 0.5) is 4.39 Å². The van der Waals surface area contributed by atoms with E-state index in [-0.39, 0.29) is 10.8 Å². The summed E-state index contributed by atoms with van der Waals surface area (Å²) in [7, 11) is 0. The van der Waals surface area contributed by atoms with Gasteiger partial charge >= 0.3 is 0 Å². The molecule has 0 aromatic heterocycles. The van der Waals surface area contributed by atoms with Crippen LogP contribution in [0.3, 0.4) is 0 Å². The lowest BCUT2D eigenvalue weighted by molar-refractivity contribution is 0.624. The predicted molar refractivity (Wildman–Crippen MR) is 60.8 cm³/mol. The molecule has 0 bridgehead atoms. The topological polar surface area (TPSA) is 12.0 Å². The quantitative estimate of drug-likeness (QED) is 0.762. The molecule has 0 heterocycles. The van der Waals surface area contributed by atoms with Crippen molar-refractivity contribution in [3.05, 3.63) is 34.6 Å². The maximum Gasteiger partial charge on any atom is 0.141 e. The third-order valence-electron chi connectivity index (χ3n) is 2.64. The van der Waals surface area contributed by atoms with Crippen molar-refractivity contribution in [3.8, 4) is 0 Å². The minimum Gasteiger partial charge on any atom is -0.314 e. The van der Waals surface area contributed by atoms with Gasteiger partial charge in [0.2, 0.25) is 0 Å². The Bertz CT molecular complexity index is 336. The third-order valence-corrected chi connectivity index (χ3v) is 2.93. The van der Waals surface area contributed by atoms with E-state index < -0.39 is 0 Å². The highest BCUT2D eigenvalue weighted by Gasteiger charge is 2.19. The van der Waals surface area contributed by atoms with Crippen molar-refractivity contribution < 1.29 is 4.39 Å². The molecule has 0 aliphatic heterocycles. The summed E-state index contributed by atoms with van der Waals surface area (Å²) in [6, 6.07) is 5.72. The van der Waals surface area contributed by atoms with E-state index in [4.69, 9.17) is 11.6 Å². The van der Waals surface area contributed by atoms with Gasteiger partial charge in [-0.3, -0.25) is 0 Å². The van der Waals surface area contributed by atoms with E-state index >= 15 is 0 Å². The number of benzene rings is 1. The summed E-state index contributed by atoms with van der Waals surface area (Å²) in [6.45, 7) is 1.04. The standard InChI is InChI=1S/C12H15ClFN/c13-11-8-9(3-6-12(11)14)2-1-7-15-10-4-5-10/h3,6,8,10,15H,1-2,4-5,7H2. The molecule has 1 N–H and O–H groups in total. The van der Waals surface area contributed by atoms with Crippen molar-refractivity contribution >= 4 is 11.6 Å². The minimum absolute atomic E-state index is 0.225. The van der Waals surface area contributed by atoms with Crippen LogP contribution in [-0.4, -0.2) is 12.6 Å². The maximum atomic E-state index is 12.9. The van der Waals surface area contributed by atoms with Gasteiger partial charge in [-0.05, 0) is 49.9 Å². The lowest BCUT2D eigenvalue weighted by atomic mass is 10.1. The van der Waals surface area contributed by atoms with Crippen LogP contribution in [0.5, 0.6) is 0 Å². The number of halogens is 2. The molecule has 0 spiro atoms. The van der Waals surface area contributed by atoms with Crippen LogP contribution < -0.4 is 5.32 Å². The van der Waals surface area contributed by atoms with Gasteiger partial charge < -0.3 is 5.32 Å². The highest BCUT2D eigenvalue weighted by atomic mass is 35.5. The first kappa shape index (κ1) is 10.9. The van der Waals surface area contributed by atoms with E-state index in [2.05, 4.69) is 5.32 Å². The fourth-order valence-electron chi connectivity index (χ4n) is 1.58. The summed E-state index contributed by atoms with van der Waals surface area (Å²) in [5.74, 6) is -0.337. The zero-order valence-electron chi connectivity index (χ0n) is 8.60. The Labute approximate surface area is 94.6 Å². The smallest absolute Gasteiger partial charge is 0.141 e. The molecule has 1 fully saturated rings. The second-order valence-electron chi connectivity index (χ2n) is 4.08. The van der Waals surface area contributed by atoms with Crippen LogP contribution in [0.15, 0.2) is 18.2 Å². The van der Waals surface area contributed by atoms with Crippen molar-refractivity contribution in [2.75, 3.05) is 6.54 Å². The summed E-state index contributed by atoms with van der Waals surface area (Å²) in [6.07, 6.45) is 4.68. The van der Waals surface area contributed by atoms with Crippen LogP contribution in [-0.2, 0) is 6.42 Å². The zero-order valence-corrected chi connectivity index (χ0v) is 9.36. The van der Waals surface area contributed by atoms with Crippen molar-refractivity contribution in [2.45, 2.75) is 31.7 Å². The number of hydrogen-bond donors (Lipinski definition) is 1. The molecule has 82 valence electrons. The van der Waals surface area contributed by atoms with Gasteiger partial charge in [0.25, 0.3) is 0 Å².